The molecular weight excluding hydrogens is 254 g/mol. The van der Waals surface area contributed by atoms with Gasteiger partial charge in [-0.2, -0.15) is 0 Å². The summed E-state index contributed by atoms with van der Waals surface area (Å²) < 4.78 is 15.1. The average molecular weight is 275 g/mol. The van der Waals surface area contributed by atoms with Gasteiger partial charge in [-0.15, -0.1) is 0 Å². The minimum absolute atomic E-state index is 0.0613. The molecule has 0 aliphatic carbocycles. The zero-order valence-electron chi connectivity index (χ0n) is 11.9. The zero-order chi connectivity index (χ0) is 14.0. The quantitative estimate of drug-likeness (QED) is 0.902. The molecule has 2 atom stereocenters. The molecule has 0 fully saturated rings. The van der Waals surface area contributed by atoms with Crippen LogP contribution in [0.3, 0.4) is 0 Å². The molecule has 0 unspecified atom stereocenters. The van der Waals surface area contributed by atoms with Crippen LogP contribution in [0, 0.1) is 0 Å². The lowest BCUT2D eigenvalue weighted by Gasteiger charge is -2.23. The first-order valence-electron chi connectivity index (χ1n) is 6.55. The van der Waals surface area contributed by atoms with E-state index in [4.69, 9.17) is 0 Å². The van der Waals surface area contributed by atoms with Gasteiger partial charge in [-0.25, -0.2) is 8.93 Å². The minimum Gasteiger partial charge on any atom is -0.242 e. The van der Waals surface area contributed by atoms with Crippen LogP contribution >= 0.6 is 0 Å². The van der Waals surface area contributed by atoms with Crippen LogP contribution in [-0.4, -0.2) is 8.96 Å². The van der Waals surface area contributed by atoms with Gasteiger partial charge >= 0.3 is 0 Å². The summed E-state index contributed by atoms with van der Waals surface area (Å²) in [6.07, 6.45) is 0. The second-order valence-electron chi connectivity index (χ2n) is 5.79. The fourth-order valence-corrected chi connectivity index (χ4v) is 2.83. The van der Waals surface area contributed by atoms with Crippen LogP contribution in [0.15, 0.2) is 42.5 Å². The van der Waals surface area contributed by atoms with Crippen LogP contribution in [0.4, 0.5) is 0 Å². The highest BCUT2D eigenvalue weighted by molar-refractivity contribution is 7.84. The molecule has 3 heteroatoms. The number of fused-ring (bicyclic) bond motifs is 1. The van der Waals surface area contributed by atoms with Gasteiger partial charge in [0.15, 0.2) is 0 Å². The van der Waals surface area contributed by atoms with E-state index in [0.717, 1.165) is 0 Å². The SMILES string of the molecule is C[C@@H](N[S@](=O)C(C)(C)C)c1cccc2ccccc12. The van der Waals surface area contributed by atoms with Gasteiger partial charge in [0.2, 0.25) is 0 Å². The lowest BCUT2D eigenvalue weighted by Crippen LogP contribution is -2.34. The van der Waals surface area contributed by atoms with Crippen LogP contribution < -0.4 is 4.72 Å². The van der Waals surface area contributed by atoms with Crippen LogP contribution in [0.25, 0.3) is 10.8 Å². The molecule has 102 valence electrons. The van der Waals surface area contributed by atoms with Crippen molar-refractivity contribution in [3.8, 4) is 0 Å². The molecule has 0 aliphatic heterocycles. The summed E-state index contributed by atoms with van der Waals surface area (Å²) in [5, 5.41) is 2.44. The number of nitrogens with one attached hydrogen (secondary N) is 1. The summed E-state index contributed by atoms with van der Waals surface area (Å²) >= 11 is 0. The van der Waals surface area contributed by atoms with Crippen LogP contribution in [0.1, 0.15) is 39.3 Å². The normalized spacial score (nSPS) is 15.4. The summed E-state index contributed by atoms with van der Waals surface area (Å²) in [5.74, 6) is 0. The van der Waals surface area contributed by atoms with Gasteiger partial charge in [0, 0.05) is 6.04 Å². The van der Waals surface area contributed by atoms with Gasteiger partial charge in [-0.05, 0) is 44.0 Å². The van der Waals surface area contributed by atoms with E-state index in [2.05, 4.69) is 42.0 Å². The smallest absolute Gasteiger partial charge is 0.0975 e. The first kappa shape index (κ1) is 14.2. The lowest BCUT2D eigenvalue weighted by atomic mass is 10.0. The Labute approximate surface area is 117 Å². The van der Waals surface area contributed by atoms with Gasteiger partial charge in [0.1, 0.15) is 0 Å². The fraction of sp³-hybridized carbons (Fsp3) is 0.375. The molecule has 0 aliphatic rings. The topological polar surface area (TPSA) is 29.1 Å². The van der Waals surface area contributed by atoms with Crippen molar-refractivity contribution in [2.24, 2.45) is 0 Å². The molecule has 0 spiro atoms. The molecule has 19 heavy (non-hydrogen) atoms. The molecule has 0 aromatic heterocycles. The van der Waals surface area contributed by atoms with Crippen LogP contribution in [-0.2, 0) is 11.0 Å². The Bertz CT molecular complexity index is 596. The van der Waals surface area contributed by atoms with E-state index >= 15 is 0 Å². The Morgan fingerprint density at radius 1 is 1.05 bits per heavy atom. The van der Waals surface area contributed by atoms with Crippen molar-refractivity contribution >= 4 is 21.8 Å². The molecular formula is C16H21NOS. The summed E-state index contributed by atoms with van der Waals surface area (Å²) in [6, 6.07) is 14.6. The highest BCUT2D eigenvalue weighted by Gasteiger charge is 2.22. The van der Waals surface area contributed by atoms with Gasteiger partial charge < -0.3 is 0 Å². The summed E-state index contributed by atoms with van der Waals surface area (Å²) in [5.41, 5.74) is 1.19. The van der Waals surface area contributed by atoms with Crippen molar-refractivity contribution in [3.63, 3.8) is 0 Å². The molecule has 2 nitrogen and oxygen atoms in total. The lowest BCUT2D eigenvalue weighted by molar-refractivity contribution is 0.617. The molecule has 0 radical (unpaired) electrons. The van der Waals surface area contributed by atoms with Crippen molar-refractivity contribution in [3.05, 3.63) is 48.0 Å². The van der Waals surface area contributed by atoms with E-state index in [1.807, 2.05) is 32.9 Å². The summed E-state index contributed by atoms with van der Waals surface area (Å²) in [4.78, 5) is 0. The van der Waals surface area contributed by atoms with Crippen molar-refractivity contribution < 1.29 is 4.21 Å². The molecule has 0 amide bonds. The summed E-state index contributed by atoms with van der Waals surface area (Å²) in [6.45, 7) is 8.00. The highest BCUT2D eigenvalue weighted by Crippen LogP contribution is 2.25. The molecule has 0 bridgehead atoms. The molecule has 0 saturated carbocycles. The molecule has 2 aromatic carbocycles. The largest absolute Gasteiger partial charge is 0.242 e. The highest BCUT2D eigenvalue weighted by atomic mass is 32.2. The van der Waals surface area contributed by atoms with E-state index in [1.165, 1.54) is 16.3 Å². The predicted octanol–water partition coefficient (Wildman–Crippen LogP) is 3.95. The van der Waals surface area contributed by atoms with Crippen molar-refractivity contribution in [2.45, 2.75) is 38.5 Å². The van der Waals surface area contributed by atoms with E-state index in [-0.39, 0.29) is 10.8 Å². The molecule has 2 aromatic rings. The first-order chi connectivity index (χ1) is 8.89. The zero-order valence-corrected chi connectivity index (χ0v) is 12.8. The number of hydrogen-bond donors (Lipinski definition) is 1. The monoisotopic (exact) mass is 275 g/mol. The van der Waals surface area contributed by atoms with Gasteiger partial charge in [0.25, 0.3) is 0 Å². The number of benzene rings is 2. The summed E-state index contributed by atoms with van der Waals surface area (Å²) in [7, 11) is -1.06. The Kier molecular flexibility index (Phi) is 4.07. The van der Waals surface area contributed by atoms with Crippen LogP contribution in [0.5, 0.6) is 0 Å². The Hall–Kier alpha value is -1.19. The van der Waals surface area contributed by atoms with Crippen molar-refractivity contribution in [1.82, 2.24) is 4.72 Å². The van der Waals surface area contributed by atoms with Gasteiger partial charge in [-0.1, -0.05) is 42.5 Å². The van der Waals surface area contributed by atoms with Gasteiger partial charge in [0.05, 0.1) is 15.7 Å². The van der Waals surface area contributed by atoms with Crippen LogP contribution in [0.2, 0.25) is 0 Å². The van der Waals surface area contributed by atoms with E-state index in [1.54, 1.807) is 0 Å². The standard InChI is InChI=1S/C16H21NOS/c1-12(17-19(18)16(2,3)4)14-11-7-9-13-8-5-6-10-15(13)14/h5-12,17H,1-4H3/t12-,19-/m1/s1. The predicted molar refractivity (Wildman–Crippen MR) is 83.4 cm³/mol. The number of rotatable bonds is 3. The van der Waals surface area contributed by atoms with E-state index < -0.39 is 11.0 Å². The maximum absolute atomic E-state index is 12.2. The van der Waals surface area contributed by atoms with Gasteiger partial charge in [-0.3, -0.25) is 0 Å². The molecule has 1 N–H and O–H groups in total. The second kappa shape index (κ2) is 5.43. The molecule has 2 rings (SSSR count). The third-order valence-electron chi connectivity index (χ3n) is 3.13. The first-order valence-corrected chi connectivity index (χ1v) is 7.70. The fourth-order valence-electron chi connectivity index (χ4n) is 2.03. The van der Waals surface area contributed by atoms with Crippen molar-refractivity contribution in [2.75, 3.05) is 0 Å². The average Bonchev–Trinajstić information content (AvgIpc) is 2.36. The molecule has 0 heterocycles. The maximum Gasteiger partial charge on any atom is 0.0975 e. The third kappa shape index (κ3) is 3.23. The second-order valence-corrected chi connectivity index (χ2v) is 7.79. The Morgan fingerprint density at radius 3 is 2.37 bits per heavy atom. The molecule has 0 saturated heterocycles. The number of hydrogen-bond acceptors (Lipinski definition) is 1. The van der Waals surface area contributed by atoms with Crippen molar-refractivity contribution in [1.29, 1.82) is 0 Å². The van der Waals surface area contributed by atoms with E-state index in [9.17, 15) is 4.21 Å². The Balaban J connectivity index is 2.32. The Morgan fingerprint density at radius 2 is 1.68 bits per heavy atom. The maximum atomic E-state index is 12.2. The third-order valence-corrected chi connectivity index (χ3v) is 4.81. The minimum atomic E-state index is -1.06. The van der Waals surface area contributed by atoms with E-state index in [0.29, 0.717) is 0 Å².